The maximum absolute atomic E-state index is 12.8. The lowest BCUT2D eigenvalue weighted by Gasteiger charge is -2.33. The van der Waals surface area contributed by atoms with Crippen LogP contribution < -0.4 is 10.5 Å². The second-order valence-corrected chi connectivity index (χ2v) is 8.98. The molecule has 0 unspecified atom stereocenters. The third-order valence-electron chi connectivity index (χ3n) is 4.46. The molecule has 0 atom stereocenters. The average molecular weight is 386 g/mol. The van der Waals surface area contributed by atoms with Crippen LogP contribution in [-0.2, 0) is 9.59 Å². The van der Waals surface area contributed by atoms with E-state index in [4.69, 9.17) is 10.5 Å². The Labute approximate surface area is 166 Å². The number of ketones is 1. The van der Waals surface area contributed by atoms with Crippen molar-refractivity contribution >= 4 is 23.2 Å². The van der Waals surface area contributed by atoms with Gasteiger partial charge in [-0.3, -0.25) is 14.6 Å². The van der Waals surface area contributed by atoms with Crippen molar-refractivity contribution in [3.05, 3.63) is 35.6 Å². The number of aliphatic imine (C=N–C) groups is 1. The quantitative estimate of drug-likeness (QED) is 0.447. The summed E-state index contributed by atoms with van der Waals surface area (Å²) in [5.41, 5.74) is 6.13. The number of aliphatic hydroxyl groups is 1. The molecule has 0 saturated carbocycles. The molecule has 0 spiro atoms. The van der Waals surface area contributed by atoms with E-state index in [1.54, 1.807) is 24.3 Å². The number of Topliss-reactive ketones (excluding diaryl/α,β-unsaturated/α-hetero) is 1. The number of nitrogens with zero attached hydrogens (tertiary/aromatic N) is 1. The summed E-state index contributed by atoms with van der Waals surface area (Å²) in [5.74, 6) is 0.0314. The SMILES string of the molecule is CC1(C)CC(=O)C(C(=Nc2ccc(OC(=O)CCN)cc2)C(C)(C)C)=C(O)C1. The van der Waals surface area contributed by atoms with E-state index >= 15 is 0 Å². The fraction of sp³-hybridized carbons (Fsp3) is 0.500. The van der Waals surface area contributed by atoms with E-state index < -0.39 is 5.41 Å². The fourth-order valence-corrected chi connectivity index (χ4v) is 3.17. The van der Waals surface area contributed by atoms with Crippen LogP contribution in [0.25, 0.3) is 0 Å². The van der Waals surface area contributed by atoms with Gasteiger partial charge in [-0.15, -0.1) is 0 Å². The number of carbonyl (C=O) groups excluding carboxylic acids is 2. The van der Waals surface area contributed by atoms with Crippen LogP contribution in [0.5, 0.6) is 5.75 Å². The molecule has 2 rings (SSSR count). The van der Waals surface area contributed by atoms with Crippen molar-refractivity contribution in [2.75, 3.05) is 6.54 Å². The monoisotopic (exact) mass is 386 g/mol. The van der Waals surface area contributed by atoms with Gasteiger partial charge < -0.3 is 15.6 Å². The van der Waals surface area contributed by atoms with Gasteiger partial charge in [0.25, 0.3) is 0 Å². The lowest BCUT2D eigenvalue weighted by Crippen LogP contribution is -2.34. The van der Waals surface area contributed by atoms with Crippen molar-refractivity contribution in [3.63, 3.8) is 0 Å². The molecular formula is C22H30N2O4. The topological polar surface area (TPSA) is 102 Å². The molecule has 0 aliphatic heterocycles. The Balaban J connectivity index is 2.38. The molecule has 152 valence electrons. The molecule has 0 radical (unpaired) electrons. The lowest BCUT2D eigenvalue weighted by atomic mass is 9.72. The van der Waals surface area contributed by atoms with Crippen molar-refractivity contribution in [1.82, 2.24) is 0 Å². The lowest BCUT2D eigenvalue weighted by molar-refractivity contribution is -0.134. The Morgan fingerprint density at radius 3 is 2.32 bits per heavy atom. The number of allylic oxidation sites excluding steroid dienone is 2. The van der Waals surface area contributed by atoms with E-state index in [-0.39, 0.29) is 35.9 Å². The number of carbonyl (C=O) groups is 2. The molecule has 28 heavy (non-hydrogen) atoms. The number of nitrogens with two attached hydrogens (primary N) is 1. The first-order chi connectivity index (χ1) is 12.9. The molecule has 3 N–H and O–H groups in total. The number of ether oxygens (including phenoxy) is 1. The zero-order valence-corrected chi connectivity index (χ0v) is 17.3. The minimum atomic E-state index is -0.438. The van der Waals surface area contributed by atoms with Gasteiger partial charge in [-0.05, 0) is 29.7 Å². The van der Waals surface area contributed by atoms with E-state index in [1.807, 2.05) is 34.6 Å². The van der Waals surface area contributed by atoms with Gasteiger partial charge in [-0.25, -0.2) is 0 Å². The van der Waals surface area contributed by atoms with Crippen molar-refractivity contribution in [3.8, 4) is 5.75 Å². The third kappa shape index (κ3) is 5.52. The largest absolute Gasteiger partial charge is 0.511 e. The van der Waals surface area contributed by atoms with Crippen LogP contribution in [-0.4, -0.2) is 29.1 Å². The number of esters is 1. The van der Waals surface area contributed by atoms with E-state index in [9.17, 15) is 14.7 Å². The maximum atomic E-state index is 12.8. The van der Waals surface area contributed by atoms with E-state index in [0.717, 1.165) is 0 Å². The van der Waals surface area contributed by atoms with E-state index in [1.165, 1.54) is 0 Å². The summed E-state index contributed by atoms with van der Waals surface area (Å²) in [4.78, 5) is 29.0. The third-order valence-corrected chi connectivity index (χ3v) is 4.46. The first kappa shape index (κ1) is 21.8. The highest BCUT2D eigenvalue weighted by molar-refractivity contribution is 6.25. The minimum absolute atomic E-state index is 0.0882. The Morgan fingerprint density at radius 1 is 1.21 bits per heavy atom. The van der Waals surface area contributed by atoms with Gasteiger partial charge in [0.05, 0.1) is 23.4 Å². The van der Waals surface area contributed by atoms with Crippen LogP contribution in [0.2, 0.25) is 0 Å². The molecule has 6 nitrogen and oxygen atoms in total. The normalized spacial score (nSPS) is 17.6. The van der Waals surface area contributed by atoms with Crippen molar-refractivity contribution in [1.29, 1.82) is 0 Å². The Bertz CT molecular complexity index is 812. The highest BCUT2D eigenvalue weighted by atomic mass is 16.5. The highest BCUT2D eigenvalue weighted by Gasteiger charge is 2.38. The predicted molar refractivity (Wildman–Crippen MR) is 110 cm³/mol. The van der Waals surface area contributed by atoms with Gasteiger partial charge >= 0.3 is 5.97 Å². The molecule has 1 aromatic carbocycles. The Kier molecular flexibility index (Phi) is 6.44. The molecule has 1 aliphatic carbocycles. The van der Waals surface area contributed by atoms with Gasteiger partial charge in [0.2, 0.25) is 0 Å². The molecule has 6 heteroatoms. The van der Waals surface area contributed by atoms with Crippen LogP contribution in [0.4, 0.5) is 5.69 Å². The number of hydrogen-bond acceptors (Lipinski definition) is 6. The van der Waals surface area contributed by atoms with Gasteiger partial charge in [-0.2, -0.15) is 0 Å². The van der Waals surface area contributed by atoms with Crippen LogP contribution in [0, 0.1) is 10.8 Å². The predicted octanol–water partition coefficient (Wildman–Crippen LogP) is 4.26. The molecule has 0 heterocycles. The summed E-state index contributed by atoms with van der Waals surface area (Å²) in [5, 5.41) is 10.6. The molecular weight excluding hydrogens is 356 g/mol. The van der Waals surface area contributed by atoms with Crippen molar-refractivity contribution in [2.24, 2.45) is 21.6 Å². The number of rotatable bonds is 5. The maximum Gasteiger partial charge on any atom is 0.312 e. The number of hydrogen-bond donors (Lipinski definition) is 2. The first-order valence-electron chi connectivity index (χ1n) is 9.48. The summed E-state index contributed by atoms with van der Waals surface area (Å²) in [6.07, 6.45) is 0.969. The molecule has 0 aromatic heterocycles. The summed E-state index contributed by atoms with van der Waals surface area (Å²) in [6, 6.07) is 6.72. The summed E-state index contributed by atoms with van der Waals surface area (Å²) in [6.45, 7) is 10.1. The van der Waals surface area contributed by atoms with Crippen LogP contribution >= 0.6 is 0 Å². The summed E-state index contributed by atoms with van der Waals surface area (Å²) >= 11 is 0. The Hall–Kier alpha value is -2.47. The summed E-state index contributed by atoms with van der Waals surface area (Å²) < 4.78 is 5.18. The van der Waals surface area contributed by atoms with Crippen LogP contribution in [0.1, 0.15) is 53.9 Å². The molecule has 1 aromatic rings. The molecule has 1 aliphatic rings. The highest BCUT2D eigenvalue weighted by Crippen LogP contribution is 2.39. The average Bonchev–Trinajstić information content (AvgIpc) is 2.53. The molecule has 0 saturated heterocycles. The van der Waals surface area contributed by atoms with Crippen molar-refractivity contribution in [2.45, 2.75) is 53.9 Å². The van der Waals surface area contributed by atoms with Crippen molar-refractivity contribution < 1.29 is 19.4 Å². The zero-order valence-electron chi connectivity index (χ0n) is 17.3. The second kappa shape index (κ2) is 8.27. The standard InChI is InChI=1S/C22H30N2O4/c1-21(2,3)20(19-16(25)12-22(4,5)13-17(19)26)24-14-6-8-15(9-7-14)28-18(27)10-11-23/h6-9,25H,10-13,23H2,1-5H3. The van der Waals surface area contributed by atoms with Gasteiger partial charge in [-0.1, -0.05) is 34.6 Å². The van der Waals surface area contributed by atoms with E-state index in [2.05, 4.69) is 4.99 Å². The molecule has 0 fully saturated rings. The Morgan fingerprint density at radius 2 is 1.82 bits per heavy atom. The van der Waals surface area contributed by atoms with Gasteiger partial charge in [0.15, 0.2) is 5.78 Å². The van der Waals surface area contributed by atoms with E-state index in [0.29, 0.717) is 35.6 Å². The number of aliphatic hydroxyl groups excluding tert-OH is 1. The first-order valence-corrected chi connectivity index (χ1v) is 9.48. The zero-order chi connectivity index (χ0) is 21.1. The fourth-order valence-electron chi connectivity index (χ4n) is 3.17. The second-order valence-electron chi connectivity index (χ2n) is 8.98. The van der Waals surface area contributed by atoms with Crippen LogP contribution in [0.3, 0.4) is 0 Å². The molecule has 0 amide bonds. The summed E-state index contributed by atoms with van der Waals surface area (Å²) in [7, 11) is 0. The number of benzene rings is 1. The van der Waals surface area contributed by atoms with Gasteiger partial charge in [0, 0.05) is 24.8 Å². The van der Waals surface area contributed by atoms with Crippen LogP contribution in [0.15, 0.2) is 40.6 Å². The molecule has 0 bridgehead atoms. The van der Waals surface area contributed by atoms with Gasteiger partial charge in [0.1, 0.15) is 11.5 Å². The minimum Gasteiger partial charge on any atom is -0.511 e. The smallest absolute Gasteiger partial charge is 0.312 e.